The van der Waals surface area contributed by atoms with Crippen molar-refractivity contribution in [1.29, 1.82) is 0 Å². The fourth-order valence-electron chi connectivity index (χ4n) is 7.98. The van der Waals surface area contributed by atoms with Crippen molar-refractivity contribution >= 4 is 39.3 Å². The number of alkyl halides is 1. The number of ether oxygens (including phenoxy) is 1. The molecule has 43 heavy (non-hydrogen) atoms. The fraction of sp³-hybridized carbons (Fsp3) is 0.618. The van der Waals surface area contributed by atoms with Crippen LogP contribution in [0.1, 0.15) is 60.8 Å². The summed E-state index contributed by atoms with van der Waals surface area (Å²) in [6.07, 6.45) is 4.36. The van der Waals surface area contributed by atoms with Gasteiger partial charge in [-0.05, 0) is 50.7 Å². The minimum Gasteiger partial charge on any atom is -0.394 e. The van der Waals surface area contributed by atoms with Crippen molar-refractivity contribution in [1.82, 2.24) is 9.80 Å². The third-order valence-electron chi connectivity index (χ3n) is 9.24. The Bertz CT molecular complexity index is 1230. The molecule has 1 N–H and O–H groups in total. The van der Waals surface area contributed by atoms with Crippen LogP contribution < -0.4 is 4.90 Å². The minimum atomic E-state index is -1.22. The van der Waals surface area contributed by atoms with Gasteiger partial charge in [0.2, 0.25) is 17.7 Å². The van der Waals surface area contributed by atoms with Gasteiger partial charge >= 0.3 is 0 Å². The lowest BCUT2D eigenvalue weighted by Crippen LogP contribution is -2.62. The average molecular weight is 659 g/mol. The molecule has 4 rings (SSSR count). The molecule has 3 amide bonds. The Kier molecular flexibility index (Phi) is 9.70. The summed E-state index contributed by atoms with van der Waals surface area (Å²) < 4.78 is 6.77. The maximum absolute atomic E-state index is 14.9. The first-order chi connectivity index (χ1) is 20.2. The number of halogens is 1. The van der Waals surface area contributed by atoms with Crippen LogP contribution in [0.3, 0.4) is 0 Å². The number of hydrogen-bond donors (Lipinski definition) is 1. The zero-order valence-electron chi connectivity index (χ0n) is 26.5. The van der Waals surface area contributed by atoms with Crippen LogP contribution in [0.5, 0.6) is 0 Å². The van der Waals surface area contributed by atoms with Gasteiger partial charge in [0.15, 0.2) is 0 Å². The molecule has 3 unspecified atom stereocenters. The van der Waals surface area contributed by atoms with Crippen molar-refractivity contribution in [3.05, 3.63) is 55.6 Å². The van der Waals surface area contributed by atoms with E-state index in [1.165, 1.54) is 0 Å². The minimum absolute atomic E-state index is 0.0704. The van der Waals surface area contributed by atoms with Crippen molar-refractivity contribution in [2.45, 2.75) is 95.0 Å². The maximum atomic E-state index is 14.9. The first-order valence-corrected chi connectivity index (χ1v) is 16.2. The summed E-state index contributed by atoms with van der Waals surface area (Å²) in [5.41, 5.74) is -1.15. The number of amides is 3. The molecule has 8 nitrogen and oxygen atoms in total. The highest BCUT2D eigenvalue weighted by atomic mass is 79.9. The Morgan fingerprint density at radius 1 is 1.14 bits per heavy atom. The predicted octanol–water partition coefficient (Wildman–Crippen LogP) is 4.95. The second-order valence-electron chi connectivity index (χ2n) is 14.0. The van der Waals surface area contributed by atoms with Crippen LogP contribution in [0.15, 0.2) is 55.6 Å². The van der Waals surface area contributed by atoms with Gasteiger partial charge < -0.3 is 24.5 Å². The number of benzene rings is 1. The Labute approximate surface area is 265 Å². The van der Waals surface area contributed by atoms with Gasteiger partial charge in [0.1, 0.15) is 11.6 Å². The molecular weight excluding hydrogens is 610 g/mol. The van der Waals surface area contributed by atoms with Gasteiger partial charge in [-0.2, -0.15) is 0 Å². The number of carbonyl (C=O) groups excluding carboxylic acids is 3. The quantitative estimate of drug-likeness (QED) is 0.254. The van der Waals surface area contributed by atoms with Crippen molar-refractivity contribution < 1.29 is 24.2 Å². The number of fused-ring (bicyclic) bond motifs is 1. The normalized spacial score (nSPS) is 28.9. The Morgan fingerprint density at radius 3 is 2.30 bits per heavy atom. The number of likely N-dealkylation sites (tertiary alicyclic amines) is 1. The van der Waals surface area contributed by atoms with Crippen LogP contribution in [-0.2, 0) is 19.1 Å². The molecule has 1 spiro atoms. The molecule has 2 bridgehead atoms. The van der Waals surface area contributed by atoms with Gasteiger partial charge in [-0.25, -0.2) is 0 Å². The topological polar surface area (TPSA) is 90.4 Å². The second-order valence-corrected chi connectivity index (χ2v) is 15.2. The number of aliphatic hydroxyl groups is 1. The van der Waals surface area contributed by atoms with Gasteiger partial charge in [-0.15, -0.1) is 13.2 Å². The van der Waals surface area contributed by atoms with Crippen molar-refractivity contribution in [3.63, 3.8) is 0 Å². The summed E-state index contributed by atoms with van der Waals surface area (Å²) in [5.74, 6) is -2.45. The molecule has 3 fully saturated rings. The fourth-order valence-corrected chi connectivity index (χ4v) is 8.92. The second kappa shape index (κ2) is 12.5. The Hall–Kier alpha value is -2.49. The molecular formula is C34H48BrN3O5. The van der Waals surface area contributed by atoms with E-state index in [0.29, 0.717) is 31.5 Å². The number of nitrogens with zero attached hydrogens (tertiary/aromatic N) is 3. The van der Waals surface area contributed by atoms with Crippen LogP contribution in [0, 0.1) is 17.3 Å². The summed E-state index contributed by atoms with van der Waals surface area (Å²) in [7, 11) is 0. The number of aliphatic hydroxyl groups excluding tert-OH is 1. The molecule has 0 aliphatic carbocycles. The van der Waals surface area contributed by atoms with Gasteiger partial charge in [0, 0.05) is 29.1 Å². The van der Waals surface area contributed by atoms with E-state index in [1.807, 2.05) is 51.1 Å². The zero-order chi connectivity index (χ0) is 31.9. The molecule has 9 heteroatoms. The number of hydrogen-bond acceptors (Lipinski definition) is 5. The first-order valence-electron chi connectivity index (χ1n) is 15.3. The molecule has 0 saturated carbocycles. The van der Waals surface area contributed by atoms with E-state index in [9.17, 15) is 19.5 Å². The molecule has 1 aromatic carbocycles. The monoisotopic (exact) mass is 657 g/mol. The van der Waals surface area contributed by atoms with Gasteiger partial charge in [0.25, 0.3) is 0 Å². The van der Waals surface area contributed by atoms with Crippen LogP contribution in [0.4, 0.5) is 5.69 Å². The van der Waals surface area contributed by atoms with Crippen molar-refractivity contribution in [2.75, 3.05) is 24.6 Å². The number of anilines is 1. The van der Waals surface area contributed by atoms with E-state index in [1.54, 1.807) is 26.9 Å². The SMILES string of the molecule is C=CCN(C(=O)[C@H]1[C@@H]2OC3(CC2Br)C(C(=O)N(CC=C)C(C)(C)CC(C)(C)C)N([C@@H](CC)CO)C(=O)[C@H]13)c1ccccc1. The maximum Gasteiger partial charge on any atom is 0.249 e. The third-order valence-corrected chi connectivity index (χ3v) is 10.1. The summed E-state index contributed by atoms with van der Waals surface area (Å²) in [4.78, 5) is 48.7. The molecule has 3 saturated heterocycles. The van der Waals surface area contributed by atoms with Crippen LogP contribution >= 0.6 is 15.9 Å². The van der Waals surface area contributed by atoms with Crippen LogP contribution in [0.2, 0.25) is 0 Å². The average Bonchev–Trinajstić information content (AvgIpc) is 3.53. The summed E-state index contributed by atoms with van der Waals surface area (Å²) in [6, 6.07) is 7.74. The smallest absolute Gasteiger partial charge is 0.249 e. The number of carbonyl (C=O) groups is 3. The number of rotatable bonds is 12. The summed E-state index contributed by atoms with van der Waals surface area (Å²) in [6.45, 7) is 20.4. The molecule has 7 atom stereocenters. The lowest BCUT2D eigenvalue weighted by atomic mass is 9.70. The van der Waals surface area contributed by atoms with E-state index in [0.717, 1.165) is 0 Å². The Morgan fingerprint density at radius 2 is 1.77 bits per heavy atom. The van der Waals surface area contributed by atoms with E-state index in [4.69, 9.17) is 4.74 Å². The molecule has 3 aliphatic rings. The Balaban J connectivity index is 1.84. The molecule has 0 radical (unpaired) electrons. The predicted molar refractivity (Wildman–Crippen MR) is 173 cm³/mol. The lowest BCUT2D eigenvalue weighted by molar-refractivity contribution is -0.155. The molecule has 1 aromatic rings. The standard InChI is InChI=1S/C34H48BrN3O5/c1-9-17-36(23-15-13-12-14-16-23)29(40)25-26-30(41)38(22(11-3)20-39)28(34(26)19-24(35)27(25)43-34)31(42)37(18-10-2)33(7,8)21-32(4,5)6/h9-10,12-16,22,24-28,39H,1-2,11,17-21H2,3-8H3/t22-,24?,25+,26-,27+,28?,34?/m0/s1. The summed E-state index contributed by atoms with van der Waals surface area (Å²) in [5, 5.41) is 10.5. The van der Waals surface area contributed by atoms with E-state index in [2.05, 4.69) is 49.9 Å². The van der Waals surface area contributed by atoms with Crippen LogP contribution in [-0.4, -0.2) is 86.5 Å². The van der Waals surface area contributed by atoms with Gasteiger partial charge in [0.05, 0.1) is 30.6 Å². The zero-order valence-corrected chi connectivity index (χ0v) is 28.0. The third kappa shape index (κ3) is 5.85. The summed E-state index contributed by atoms with van der Waals surface area (Å²) >= 11 is 3.78. The van der Waals surface area contributed by atoms with E-state index >= 15 is 0 Å². The van der Waals surface area contributed by atoms with E-state index < -0.39 is 41.2 Å². The van der Waals surface area contributed by atoms with Gasteiger partial charge in [-0.3, -0.25) is 14.4 Å². The molecule has 3 heterocycles. The van der Waals surface area contributed by atoms with Gasteiger partial charge in [-0.1, -0.05) is 74.0 Å². The number of para-hydroxylation sites is 1. The first kappa shape index (κ1) is 33.4. The highest BCUT2D eigenvalue weighted by molar-refractivity contribution is 9.09. The van der Waals surface area contributed by atoms with Crippen LogP contribution in [0.25, 0.3) is 0 Å². The molecule has 0 aromatic heterocycles. The lowest BCUT2D eigenvalue weighted by Gasteiger charge is -2.46. The van der Waals surface area contributed by atoms with Crippen molar-refractivity contribution in [2.24, 2.45) is 17.3 Å². The van der Waals surface area contributed by atoms with Crippen molar-refractivity contribution in [3.8, 4) is 0 Å². The van der Waals surface area contributed by atoms with E-state index in [-0.39, 0.29) is 41.1 Å². The molecule has 236 valence electrons. The highest BCUT2D eigenvalue weighted by Crippen LogP contribution is 2.61. The largest absolute Gasteiger partial charge is 0.394 e. The molecule has 3 aliphatic heterocycles. The highest BCUT2D eigenvalue weighted by Gasteiger charge is 2.77.